The monoisotopic (exact) mass is 261 g/mol. The van der Waals surface area contributed by atoms with Crippen molar-refractivity contribution in [2.75, 3.05) is 38.6 Å². The first-order chi connectivity index (χ1) is 9.13. The minimum atomic E-state index is -0.0116. The summed E-state index contributed by atoms with van der Waals surface area (Å²) >= 11 is 0. The van der Waals surface area contributed by atoms with Crippen molar-refractivity contribution in [3.05, 3.63) is 29.8 Å². The van der Waals surface area contributed by atoms with Crippen molar-refractivity contribution >= 4 is 11.6 Å². The molecule has 0 bridgehead atoms. The van der Waals surface area contributed by atoms with Crippen LogP contribution < -0.4 is 10.2 Å². The fourth-order valence-electron chi connectivity index (χ4n) is 2.50. The van der Waals surface area contributed by atoms with E-state index in [1.165, 1.54) is 5.56 Å². The largest absolute Gasteiger partial charge is 0.320 e. The number of hydrogen-bond donors (Lipinski definition) is 1. The second-order valence-electron chi connectivity index (χ2n) is 5.21. The molecule has 1 aliphatic rings. The number of benzene rings is 1. The van der Waals surface area contributed by atoms with Gasteiger partial charge in [0.2, 0.25) is 5.91 Å². The maximum atomic E-state index is 12.6. The van der Waals surface area contributed by atoms with Gasteiger partial charge in [-0.25, -0.2) is 0 Å². The quantitative estimate of drug-likeness (QED) is 0.886. The van der Waals surface area contributed by atoms with Gasteiger partial charge in [-0.15, -0.1) is 0 Å². The minimum Gasteiger partial charge on any atom is -0.320 e. The maximum Gasteiger partial charge on any atom is 0.244 e. The number of hydrogen-bond acceptors (Lipinski definition) is 3. The molecule has 1 aromatic rings. The van der Waals surface area contributed by atoms with Crippen molar-refractivity contribution < 1.29 is 4.79 Å². The van der Waals surface area contributed by atoms with E-state index < -0.39 is 0 Å². The van der Waals surface area contributed by atoms with Gasteiger partial charge >= 0.3 is 0 Å². The van der Waals surface area contributed by atoms with Gasteiger partial charge in [-0.3, -0.25) is 9.69 Å². The molecule has 0 aliphatic carbocycles. The second kappa shape index (κ2) is 6.17. The predicted molar refractivity (Wildman–Crippen MR) is 78.5 cm³/mol. The average Bonchev–Trinajstić information content (AvgIpc) is 2.40. The van der Waals surface area contributed by atoms with Crippen LogP contribution >= 0.6 is 0 Å². The molecule has 1 saturated heterocycles. The lowest BCUT2D eigenvalue weighted by Crippen LogP contribution is -2.56. The van der Waals surface area contributed by atoms with Crippen LogP contribution in [0.4, 0.5) is 5.69 Å². The van der Waals surface area contributed by atoms with Crippen molar-refractivity contribution in [2.24, 2.45) is 0 Å². The molecule has 4 heteroatoms. The average molecular weight is 261 g/mol. The van der Waals surface area contributed by atoms with E-state index in [4.69, 9.17) is 0 Å². The van der Waals surface area contributed by atoms with Gasteiger partial charge in [0.15, 0.2) is 0 Å². The third-order valence-electron chi connectivity index (χ3n) is 3.77. The SMILES string of the molecule is CNCCC1C(=O)N(c2ccc(C)cc2)CCN1C. The van der Waals surface area contributed by atoms with E-state index in [9.17, 15) is 4.79 Å². The Kier molecular flexibility index (Phi) is 4.56. The van der Waals surface area contributed by atoms with Gasteiger partial charge in [-0.1, -0.05) is 17.7 Å². The highest BCUT2D eigenvalue weighted by molar-refractivity contribution is 5.97. The fourth-order valence-corrected chi connectivity index (χ4v) is 2.50. The third-order valence-corrected chi connectivity index (χ3v) is 3.77. The molecule has 0 radical (unpaired) electrons. The molecule has 1 aromatic carbocycles. The van der Waals surface area contributed by atoms with Gasteiger partial charge in [-0.2, -0.15) is 0 Å². The van der Waals surface area contributed by atoms with E-state index in [1.807, 2.05) is 31.1 Å². The zero-order chi connectivity index (χ0) is 13.8. The van der Waals surface area contributed by atoms with E-state index in [2.05, 4.69) is 29.3 Å². The highest BCUT2D eigenvalue weighted by atomic mass is 16.2. The number of amides is 1. The molecule has 1 amide bonds. The summed E-state index contributed by atoms with van der Waals surface area (Å²) < 4.78 is 0. The summed E-state index contributed by atoms with van der Waals surface area (Å²) in [4.78, 5) is 16.7. The Bertz CT molecular complexity index is 430. The number of anilines is 1. The number of likely N-dealkylation sites (N-methyl/N-ethyl adjacent to an activating group) is 1. The lowest BCUT2D eigenvalue weighted by molar-refractivity contribution is -0.125. The molecule has 0 spiro atoms. The predicted octanol–water partition coefficient (Wildman–Crippen LogP) is 1.25. The molecule has 1 N–H and O–H groups in total. The van der Waals surface area contributed by atoms with Crippen LogP contribution in [0.15, 0.2) is 24.3 Å². The molecule has 1 aliphatic heterocycles. The van der Waals surface area contributed by atoms with Crippen LogP contribution in [0.2, 0.25) is 0 Å². The van der Waals surface area contributed by atoms with Crippen LogP contribution in [0.3, 0.4) is 0 Å². The zero-order valence-corrected chi connectivity index (χ0v) is 12.0. The normalized spacial score (nSPS) is 20.9. The van der Waals surface area contributed by atoms with Crippen LogP contribution in [0.25, 0.3) is 0 Å². The number of rotatable bonds is 4. The molecule has 104 valence electrons. The third kappa shape index (κ3) is 3.14. The van der Waals surface area contributed by atoms with Gasteiger partial charge in [0.25, 0.3) is 0 Å². The number of aryl methyl sites for hydroxylation is 1. The van der Waals surface area contributed by atoms with E-state index in [0.29, 0.717) is 0 Å². The topological polar surface area (TPSA) is 35.6 Å². The van der Waals surface area contributed by atoms with Crippen LogP contribution in [0, 0.1) is 6.92 Å². The summed E-state index contributed by atoms with van der Waals surface area (Å²) in [5.41, 5.74) is 2.23. The first kappa shape index (κ1) is 14.0. The molecule has 4 nitrogen and oxygen atoms in total. The van der Waals surface area contributed by atoms with Crippen molar-refractivity contribution in [2.45, 2.75) is 19.4 Å². The first-order valence-corrected chi connectivity index (χ1v) is 6.86. The Morgan fingerprint density at radius 3 is 2.58 bits per heavy atom. The number of nitrogens with zero attached hydrogens (tertiary/aromatic N) is 2. The molecular formula is C15H23N3O. The molecular weight excluding hydrogens is 238 g/mol. The van der Waals surface area contributed by atoms with E-state index >= 15 is 0 Å². The maximum absolute atomic E-state index is 12.6. The first-order valence-electron chi connectivity index (χ1n) is 6.86. The molecule has 19 heavy (non-hydrogen) atoms. The number of piperazine rings is 1. The summed E-state index contributed by atoms with van der Waals surface area (Å²) in [7, 11) is 3.95. The van der Waals surface area contributed by atoms with Crippen molar-refractivity contribution in [3.63, 3.8) is 0 Å². The molecule has 1 heterocycles. The lowest BCUT2D eigenvalue weighted by Gasteiger charge is -2.38. The summed E-state index contributed by atoms with van der Waals surface area (Å²) in [6, 6.07) is 8.18. The number of carbonyl (C=O) groups is 1. The standard InChI is InChI=1S/C15H23N3O/c1-12-4-6-13(7-5-12)18-11-10-17(3)14(15(18)19)8-9-16-2/h4-7,14,16H,8-11H2,1-3H3. The second-order valence-corrected chi connectivity index (χ2v) is 5.21. The Hall–Kier alpha value is -1.39. The van der Waals surface area contributed by atoms with Gasteiger partial charge in [0, 0.05) is 18.8 Å². The molecule has 0 saturated carbocycles. The Morgan fingerprint density at radius 2 is 1.95 bits per heavy atom. The van der Waals surface area contributed by atoms with Crippen LogP contribution in [0.5, 0.6) is 0 Å². The Labute approximate surface area is 115 Å². The van der Waals surface area contributed by atoms with Gasteiger partial charge in [0.1, 0.15) is 0 Å². The van der Waals surface area contributed by atoms with Gasteiger partial charge < -0.3 is 10.2 Å². The highest BCUT2D eigenvalue weighted by Gasteiger charge is 2.32. The number of nitrogens with one attached hydrogen (secondary N) is 1. The van der Waals surface area contributed by atoms with Crippen LogP contribution in [-0.4, -0.2) is 50.6 Å². The van der Waals surface area contributed by atoms with Crippen LogP contribution in [-0.2, 0) is 4.79 Å². The molecule has 1 fully saturated rings. The summed E-state index contributed by atoms with van der Waals surface area (Å²) in [5.74, 6) is 0.216. The van der Waals surface area contributed by atoms with E-state index in [0.717, 1.165) is 31.7 Å². The zero-order valence-electron chi connectivity index (χ0n) is 12.0. The summed E-state index contributed by atoms with van der Waals surface area (Å²) in [5, 5.41) is 3.12. The van der Waals surface area contributed by atoms with Gasteiger partial charge in [0.05, 0.1) is 6.04 Å². The van der Waals surface area contributed by atoms with E-state index in [1.54, 1.807) is 0 Å². The Morgan fingerprint density at radius 1 is 1.26 bits per heavy atom. The summed E-state index contributed by atoms with van der Waals surface area (Å²) in [6.45, 7) is 4.62. The van der Waals surface area contributed by atoms with Crippen molar-refractivity contribution in [3.8, 4) is 0 Å². The Balaban J connectivity index is 2.13. The summed E-state index contributed by atoms with van der Waals surface area (Å²) in [6.07, 6.45) is 0.855. The van der Waals surface area contributed by atoms with E-state index in [-0.39, 0.29) is 11.9 Å². The number of carbonyl (C=O) groups excluding carboxylic acids is 1. The lowest BCUT2D eigenvalue weighted by atomic mass is 10.1. The minimum absolute atomic E-state index is 0.0116. The molecule has 1 unspecified atom stereocenters. The highest BCUT2D eigenvalue weighted by Crippen LogP contribution is 2.21. The van der Waals surface area contributed by atoms with Crippen molar-refractivity contribution in [1.29, 1.82) is 0 Å². The fraction of sp³-hybridized carbons (Fsp3) is 0.533. The van der Waals surface area contributed by atoms with Gasteiger partial charge in [-0.05, 0) is 46.1 Å². The molecule has 1 atom stereocenters. The van der Waals surface area contributed by atoms with Crippen LogP contribution in [0.1, 0.15) is 12.0 Å². The smallest absolute Gasteiger partial charge is 0.244 e. The molecule has 0 aromatic heterocycles. The van der Waals surface area contributed by atoms with Crippen molar-refractivity contribution in [1.82, 2.24) is 10.2 Å². The molecule has 2 rings (SSSR count).